The van der Waals surface area contributed by atoms with Crippen molar-refractivity contribution in [2.24, 2.45) is 0 Å². The number of anilines is 1. The molecule has 1 fully saturated rings. The first-order valence-electron chi connectivity index (χ1n) is 6.95. The molecule has 0 amide bonds. The molecule has 5 nitrogen and oxygen atoms in total. The maximum atomic E-state index is 11.6. The van der Waals surface area contributed by atoms with Crippen LogP contribution in [0.1, 0.15) is 44.9 Å². The first kappa shape index (κ1) is 14.1. The van der Waals surface area contributed by atoms with Crippen LogP contribution in [0, 0.1) is 0 Å². The molecule has 1 aromatic rings. The molecule has 0 radical (unpaired) electrons. The van der Waals surface area contributed by atoms with Crippen LogP contribution in [-0.2, 0) is 0 Å². The fourth-order valence-corrected chi connectivity index (χ4v) is 2.46. The van der Waals surface area contributed by atoms with Crippen LogP contribution in [-0.4, -0.2) is 41.0 Å². The van der Waals surface area contributed by atoms with Crippen LogP contribution in [0.15, 0.2) is 10.9 Å². The van der Waals surface area contributed by atoms with Gasteiger partial charge in [0.1, 0.15) is 11.6 Å². The predicted molar refractivity (Wildman–Crippen MR) is 77.7 cm³/mol. The Morgan fingerprint density at radius 3 is 2.63 bits per heavy atom. The van der Waals surface area contributed by atoms with Crippen LogP contribution in [0.5, 0.6) is 0 Å². The van der Waals surface area contributed by atoms with Gasteiger partial charge in [0.15, 0.2) is 0 Å². The second kappa shape index (κ2) is 5.33. The van der Waals surface area contributed by atoms with Crippen molar-refractivity contribution in [1.29, 1.82) is 0 Å². The SMILES string of the molecule is CC(C)c1nc(NCC2(N(C)C)CCC2)cc(=O)[nH]1. The fraction of sp³-hybridized carbons (Fsp3) is 0.714. The van der Waals surface area contributed by atoms with E-state index in [9.17, 15) is 4.79 Å². The van der Waals surface area contributed by atoms with Crippen molar-refractivity contribution < 1.29 is 0 Å². The number of likely N-dealkylation sites (N-methyl/N-ethyl adjacent to an activating group) is 1. The van der Waals surface area contributed by atoms with Crippen molar-refractivity contribution in [1.82, 2.24) is 14.9 Å². The number of rotatable bonds is 5. The maximum absolute atomic E-state index is 11.6. The molecule has 0 unspecified atom stereocenters. The second-order valence-electron chi connectivity index (χ2n) is 6.00. The molecule has 0 aliphatic heterocycles. The van der Waals surface area contributed by atoms with E-state index in [0.717, 1.165) is 12.4 Å². The summed E-state index contributed by atoms with van der Waals surface area (Å²) in [5.74, 6) is 1.64. The van der Waals surface area contributed by atoms with Crippen LogP contribution in [0.3, 0.4) is 0 Å². The summed E-state index contributed by atoms with van der Waals surface area (Å²) in [5.41, 5.74) is 0.135. The van der Waals surface area contributed by atoms with Crippen molar-refractivity contribution >= 4 is 5.82 Å². The van der Waals surface area contributed by atoms with E-state index in [4.69, 9.17) is 0 Å². The summed E-state index contributed by atoms with van der Waals surface area (Å²) in [4.78, 5) is 21.1. The Labute approximate surface area is 114 Å². The summed E-state index contributed by atoms with van der Waals surface area (Å²) in [6, 6.07) is 1.54. The maximum Gasteiger partial charge on any atom is 0.252 e. The van der Waals surface area contributed by atoms with Gasteiger partial charge < -0.3 is 15.2 Å². The minimum absolute atomic E-state index is 0.0892. The van der Waals surface area contributed by atoms with Gasteiger partial charge in [-0.15, -0.1) is 0 Å². The van der Waals surface area contributed by atoms with E-state index in [1.807, 2.05) is 13.8 Å². The second-order valence-corrected chi connectivity index (χ2v) is 6.00. The Balaban J connectivity index is 2.09. The molecule has 1 aliphatic rings. The summed E-state index contributed by atoms with van der Waals surface area (Å²) < 4.78 is 0. The molecular weight excluding hydrogens is 240 g/mol. The Kier molecular flexibility index (Phi) is 3.94. The zero-order valence-corrected chi connectivity index (χ0v) is 12.3. The Hall–Kier alpha value is -1.36. The molecule has 1 heterocycles. The molecule has 0 atom stereocenters. The van der Waals surface area contributed by atoms with Crippen molar-refractivity contribution in [3.63, 3.8) is 0 Å². The molecule has 1 aliphatic carbocycles. The largest absolute Gasteiger partial charge is 0.368 e. The molecule has 0 spiro atoms. The van der Waals surface area contributed by atoms with E-state index in [1.54, 1.807) is 0 Å². The summed E-state index contributed by atoms with van der Waals surface area (Å²) >= 11 is 0. The fourth-order valence-electron chi connectivity index (χ4n) is 2.46. The van der Waals surface area contributed by atoms with Crippen molar-refractivity contribution in [3.8, 4) is 0 Å². The summed E-state index contributed by atoms with van der Waals surface area (Å²) in [7, 11) is 4.23. The van der Waals surface area contributed by atoms with Gasteiger partial charge in [0.2, 0.25) is 0 Å². The van der Waals surface area contributed by atoms with E-state index in [-0.39, 0.29) is 17.0 Å². The number of hydrogen-bond acceptors (Lipinski definition) is 4. The van der Waals surface area contributed by atoms with Crippen LogP contribution < -0.4 is 10.9 Å². The smallest absolute Gasteiger partial charge is 0.252 e. The quantitative estimate of drug-likeness (QED) is 0.851. The molecular formula is C14H24N4O. The number of aromatic amines is 1. The Morgan fingerprint density at radius 2 is 2.16 bits per heavy atom. The molecule has 2 N–H and O–H groups in total. The number of nitrogens with one attached hydrogen (secondary N) is 2. The van der Waals surface area contributed by atoms with Gasteiger partial charge in [0, 0.05) is 24.1 Å². The van der Waals surface area contributed by atoms with E-state index in [0.29, 0.717) is 5.82 Å². The highest BCUT2D eigenvalue weighted by atomic mass is 16.1. The third kappa shape index (κ3) is 2.97. The average Bonchev–Trinajstić information content (AvgIpc) is 2.26. The number of nitrogens with zero attached hydrogens (tertiary/aromatic N) is 2. The van der Waals surface area contributed by atoms with Crippen LogP contribution in [0.25, 0.3) is 0 Å². The topological polar surface area (TPSA) is 61.0 Å². The number of H-pyrrole nitrogens is 1. The average molecular weight is 264 g/mol. The van der Waals surface area contributed by atoms with Crippen LogP contribution in [0.2, 0.25) is 0 Å². The Bertz CT molecular complexity index is 488. The normalized spacial score (nSPS) is 17.6. The van der Waals surface area contributed by atoms with Gasteiger partial charge in [-0.3, -0.25) is 4.79 Å². The predicted octanol–water partition coefficient (Wildman–Crippen LogP) is 1.79. The molecule has 0 aromatic carbocycles. The lowest BCUT2D eigenvalue weighted by Crippen LogP contribution is -2.54. The van der Waals surface area contributed by atoms with Crippen molar-refractivity contribution in [2.75, 3.05) is 26.0 Å². The molecule has 1 aromatic heterocycles. The molecule has 106 valence electrons. The third-order valence-corrected chi connectivity index (χ3v) is 4.14. The summed E-state index contributed by atoms with van der Waals surface area (Å²) in [5, 5.41) is 3.33. The van der Waals surface area contributed by atoms with Gasteiger partial charge in [0.25, 0.3) is 5.56 Å². The van der Waals surface area contributed by atoms with Crippen LogP contribution in [0.4, 0.5) is 5.82 Å². The third-order valence-electron chi connectivity index (χ3n) is 4.14. The van der Waals surface area contributed by atoms with Crippen molar-refractivity contribution in [2.45, 2.75) is 44.6 Å². The standard InChI is InChI=1S/C14H24N4O/c1-10(2)13-16-11(8-12(19)17-13)15-9-14(18(3)4)6-5-7-14/h8,10H,5-7,9H2,1-4H3,(H2,15,16,17,19). The summed E-state index contributed by atoms with van der Waals surface area (Å²) in [6.07, 6.45) is 3.68. The van der Waals surface area contributed by atoms with E-state index >= 15 is 0 Å². The first-order valence-corrected chi connectivity index (χ1v) is 6.95. The molecule has 1 saturated carbocycles. The van der Waals surface area contributed by atoms with Gasteiger partial charge in [-0.1, -0.05) is 13.8 Å². The minimum Gasteiger partial charge on any atom is -0.368 e. The van der Waals surface area contributed by atoms with Gasteiger partial charge in [-0.25, -0.2) is 4.98 Å². The zero-order valence-electron chi connectivity index (χ0n) is 12.3. The lowest BCUT2D eigenvalue weighted by molar-refractivity contribution is 0.0738. The number of hydrogen-bond donors (Lipinski definition) is 2. The van der Waals surface area contributed by atoms with Gasteiger partial charge in [-0.05, 0) is 33.4 Å². The lowest BCUT2D eigenvalue weighted by atomic mass is 9.75. The van der Waals surface area contributed by atoms with Gasteiger partial charge in [-0.2, -0.15) is 0 Å². The first-order chi connectivity index (χ1) is 8.93. The summed E-state index contributed by atoms with van der Waals surface area (Å²) in [6.45, 7) is 4.89. The zero-order chi connectivity index (χ0) is 14.0. The Morgan fingerprint density at radius 1 is 1.47 bits per heavy atom. The minimum atomic E-state index is -0.0892. The van der Waals surface area contributed by atoms with Gasteiger partial charge in [0.05, 0.1) is 0 Å². The van der Waals surface area contributed by atoms with E-state index in [2.05, 4.69) is 34.3 Å². The molecule has 0 saturated heterocycles. The van der Waals surface area contributed by atoms with Crippen LogP contribution >= 0.6 is 0 Å². The monoisotopic (exact) mass is 264 g/mol. The highest BCUT2D eigenvalue weighted by Crippen LogP contribution is 2.36. The highest BCUT2D eigenvalue weighted by Gasteiger charge is 2.38. The van der Waals surface area contributed by atoms with E-state index in [1.165, 1.54) is 25.3 Å². The van der Waals surface area contributed by atoms with Gasteiger partial charge >= 0.3 is 0 Å². The van der Waals surface area contributed by atoms with E-state index < -0.39 is 0 Å². The molecule has 19 heavy (non-hydrogen) atoms. The molecule has 5 heteroatoms. The molecule has 0 bridgehead atoms. The molecule has 2 rings (SSSR count). The lowest BCUT2D eigenvalue weighted by Gasteiger charge is -2.47. The van der Waals surface area contributed by atoms with Crippen molar-refractivity contribution in [3.05, 3.63) is 22.2 Å². The highest BCUT2D eigenvalue weighted by molar-refractivity contribution is 5.34. The number of aromatic nitrogens is 2.